The van der Waals surface area contributed by atoms with Gasteiger partial charge in [0.25, 0.3) is 0 Å². The predicted molar refractivity (Wildman–Crippen MR) is 153 cm³/mol. The van der Waals surface area contributed by atoms with E-state index in [1.807, 2.05) is 13.0 Å². The van der Waals surface area contributed by atoms with Crippen LogP contribution >= 0.6 is 0 Å². The number of aromatic nitrogens is 4. The maximum atomic E-state index is 15.2. The van der Waals surface area contributed by atoms with Crippen LogP contribution in [0.15, 0.2) is 48.9 Å². The molecule has 1 saturated carbocycles. The Morgan fingerprint density at radius 3 is 2.62 bits per heavy atom. The summed E-state index contributed by atoms with van der Waals surface area (Å²) in [5.41, 5.74) is 8.37. The van der Waals surface area contributed by atoms with Crippen molar-refractivity contribution in [2.24, 2.45) is 11.7 Å². The molecular formula is C29H32F2N6O4S. The highest BCUT2D eigenvalue weighted by Gasteiger charge is 2.40. The number of hydrogen-bond acceptors (Lipinski definition) is 9. The number of ether oxygens (including phenoxy) is 2. The van der Waals surface area contributed by atoms with Crippen molar-refractivity contribution in [2.75, 3.05) is 24.8 Å². The van der Waals surface area contributed by atoms with E-state index in [4.69, 9.17) is 15.2 Å². The van der Waals surface area contributed by atoms with Gasteiger partial charge in [-0.25, -0.2) is 22.2 Å². The van der Waals surface area contributed by atoms with Crippen molar-refractivity contribution >= 4 is 27.0 Å². The van der Waals surface area contributed by atoms with E-state index in [2.05, 4.69) is 20.4 Å². The maximum absolute atomic E-state index is 15.2. The van der Waals surface area contributed by atoms with Gasteiger partial charge in [0.15, 0.2) is 9.84 Å². The van der Waals surface area contributed by atoms with Gasteiger partial charge in [-0.15, -0.1) is 0 Å². The molecule has 42 heavy (non-hydrogen) atoms. The first-order valence-electron chi connectivity index (χ1n) is 13.8. The Morgan fingerprint density at radius 1 is 1.14 bits per heavy atom. The van der Waals surface area contributed by atoms with E-state index in [0.29, 0.717) is 49.6 Å². The molecule has 13 heteroatoms. The van der Waals surface area contributed by atoms with Gasteiger partial charge < -0.3 is 20.5 Å². The molecule has 5 atom stereocenters. The Bertz CT molecular complexity index is 1690. The van der Waals surface area contributed by atoms with Gasteiger partial charge in [-0.05, 0) is 48.4 Å². The average molecular weight is 599 g/mol. The first-order chi connectivity index (χ1) is 20.1. The fourth-order valence-corrected chi connectivity index (χ4v) is 8.01. The fourth-order valence-electron chi connectivity index (χ4n) is 6.31. The number of nitrogens with two attached hydrogens (primary N) is 1. The molecule has 3 N–H and O–H groups in total. The van der Waals surface area contributed by atoms with Crippen LogP contribution in [0, 0.1) is 17.6 Å². The first-order valence-corrected chi connectivity index (χ1v) is 15.8. The molecule has 4 heterocycles. The Hall–Kier alpha value is -3.68. The van der Waals surface area contributed by atoms with Crippen molar-refractivity contribution in [2.45, 2.75) is 49.5 Å². The summed E-state index contributed by atoms with van der Waals surface area (Å²) in [6, 6.07) is 6.90. The van der Waals surface area contributed by atoms with Crippen LogP contribution in [0.1, 0.15) is 37.7 Å². The monoisotopic (exact) mass is 598 g/mol. The number of benzene rings is 1. The molecule has 0 bridgehead atoms. The summed E-state index contributed by atoms with van der Waals surface area (Å²) < 4.78 is 67.4. The Morgan fingerprint density at radius 2 is 1.93 bits per heavy atom. The zero-order chi connectivity index (χ0) is 29.6. The molecule has 10 nitrogen and oxygen atoms in total. The number of fused-ring (bicyclic) bond motifs is 1. The second-order valence-corrected chi connectivity index (χ2v) is 13.4. The lowest BCUT2D eigenvalue weighted by Crippen LogP contribution is -2.48. The molecule has 1 aromatic carbocycles. The van der Waals surface area contributed by atoms with Gasteiger partial charge in [-0.2, -0.15) is 9.61 Å². The van der Waals surface area contributed by atoms with Crippen LogP contribution in [0.3, 0.4) is 0 Å². The zero-order valence-electron chi connectivity index (χ0n) is 23.2. The number of sulfone groups is 1. The summed E-state index contributed by atoms with van der Waals surface area (Å²) in [7, 11) is -3.29. The van der Waals surface area contributed by atoms with E-state index in [-0.39, 0.29) is 34.9 Å². The van der Waals surface area contributed by atoms with Gasteiger partial charge in [0.2, 0.25) is 5.95 Å². The fraction of sp³-hybridized carbons (Fsp3) is 0.414. The molecule has 0 radical (unpaired) electrons. The number of pyridine rings is 1. The highest BCUT2D eigenvalue weighted by molar-refractivity contribution is 7.91. The molecule has 4 aromatic rings. The van der Waals surface area contributed by atoms with E-state index in [0.717, 1.165) is 17.7 Å². The molecule has 222 valence electrons. The van der Waals surface area contributed by atoms with Gasteiger partial charge in [0.05, 0.1) is 53.3 Å². The van der Waals surface area contributed by atoms with E-state index in [9.17, 15) is 8.42 Å². The second kappa shape index (κ2) is 11.2. The highest BCUT2D eigenvalue weighted by Crippen LogP contribution is 2.41. The minimum absolute atomic E-state index is 0.00651. The SMILES string of the molecule is CC1CC(c2ccncc2Nc2ncc3ccc(-c4c(F)cc(OC5CCOC5)cc4F)nn23)CC(N)C1S(C)(=O)=O. The Labute approximate surface area is 242 Å². The molecular weight excluding hydrogens is 566 g/mol. The lowest BCUT2D eigenvalue weighted by atomic mass is 9.76. The number of anilines is 2. The number of hydrogen-bond donors (Lipinski definition) is 2. The molecule has 2 aliphatic rings. The molecule has 2 fully saturated rings. The third-order valence-electron chi connectivity index (χ3n) is 8.08. The summed E-state index contributed by atoms with van der Waals surface area (Å²) in [5, 5.41) is 7.18. The number of rotatable bonds is 7. The summed E-state index contributed by atoms with van der Waals surface area (Å²) in [5.74, 6) is -1.30. The third-order valence-corrected chi connectivity index (χ3v) is 9.88. The van der Waals surface area contributed by atoms with Crippen molar-refractivity contribution in [3.63, 3.8) is 0 Å². The molecule has 5 unspecified atom stereocenters. The van der Waals surface area contributed by atoms with Crippen LogP contribution in [0.2, 0.25) is 0 Å². The summed E-state index contributed by atoms with van der Waals surface area (Å²) in [6.07, 6.45) is 7.73. The Balaban J connectivity index is 1.28. The summed E-state index contributed by atoms with van der Waals surface area (Å²) >= 11 is 0. The quantitative estimate of drug-likeness (QED) is 0.321. The summed E-state index contributed by atoms with van der Waals surface area (Å²) in [4.78, 5) is 8.70. The lowest BCUT2D eigenvalue weighted by molar-refractivity contribution is 0.141. The van der Waals surface area contributed by atoms with Crippen molar-refractivity contribution in [1.82, 2.24) is 19.6 Å². The van der Waals surface area contributed by atoms with Crippen molar-refractivity contribution in [3.8, 4) is 17.0 Å². The first kappa shape index (κ1) is 28.4. The normalized spacial score (nSPS) is 24.6. The molecule has 1 aliphatic heterocycles. The van der Waals surface area contributed by atoms with Gasteiger partial charge in [0, 0.05) is 37.0 Å². The standard InChI is InChI=1S/C29H32F2N6O4S/c1-16-9-17(10-24(32)28(16)42(2,38)39)21-5-7-33-14-26(21)35-29-34-13-18-3-4-25(36-37(18)29)27-22(30)11-20(12-23(27)31)41-19-6-8-40-15-19/h3-5,7,11-14,16-17,19,24,28H,6,8-10,15,32H2,1-2H3,(H,34,35). The maximum Gasteiger partial charge on any atom is 0.229 e. The van der Waals surface area contributed by atoms with E-state index in [1.54, 1.807) is 24.7 Å². The third kappa shape index (κ3) is 5.55. The smallest absolute Gasteiger partial charge is 0.229 e. The van der Waals surface area contributed by atoms with Crippen LogP contribution in [0.4, 0.5) is 20.4 Å². The van der Waals surface area contributed by atoms with Crippen LogP contribution in [-0.2, 0) is 14.6 Å². The number of halogens is 2. The Kier molecular flexibility index (Phi) is 7.58. The second-order valence-electron chi connectivity index (χ2n) is 11.2. The van der Waals surface area contributed by atoms with E-state index in [1.165, 1.54) is 16.8 Å². The zero-order valence-corrected chi connectivity index (χ0v) is 24.0. The minimum Gasteiger partial charge on any atom is -0.488 e. The largest absolute Gasteiger partial charge is 0.488 e. The van der Waals surface area contributed by atoms with Crippen molar-refractivity contribution in [1.29, 1.82) is 0 Å². The molecule has 0 amide bonds. The molecule has 1 saturated heterocycles. The minimum atomic E-state index is -3.29. The van der Waals surface area contributed by atoms with Gasteiger partial charge in [-0.1, -0.05) is 6.92 Å². The van der Waals surface area contributed by atoms with Gasteiger partial charge in [0.1, 0.15) is 23.5 Å². The summed E-state index contributed by atoms with van der Waals surface area (Å²) in [6.45, 7) is 2.85. The topological polar surface area (TPSA) is 134 Å². The predicted octanol–water partition coefficient (Wildman–Crippen LogP) is 4.23. The van der Waals surface area contributed by atoms with Crippen LogP contribution in [0.25, 0.3) is 16.8 Å². The molecule has 0 spiro atoms. The van der Waals surface area contributed by atoms with Crippen LogP contribution in [-0.4, -0.2) is 64.9 Å². The van der Waals surface area contributed by atoms with E-state index >= 15 is 8.78 Å². The van der Waals surface area contributed by atoms with Crippen LogP contribution in [0.5, 0.6) is 5.75 Å². The molecule has 1 aliphatic carbocycles. The lowest BCUT2D eigenvalue weighted by Gasteiger charge is -2.38. The number of nitrogens with zero attached hydrogens (tertiary/aromatic N) is 4. The number of imidazole rings is 1. The van der Waals surface area contributed by atoms with Crippen molar-refractivity contribution < 1.29 is 26.7 Å². The van der Waals surface area contributed by atoms with Crippen LogP contribution < -0.4 is 15.8 Å². The average Bonchev–Trinajstić information content (AvgIpc) is 3.57. The highest BCUT2D eigenvalue weighted by atomic mass is 32.2. The molecule has 3 aromatic heterocycles. The van der Waals surface area contributed by atoms with Gasteiger partial charge in [-0.3, -0.25) is 4.98 Å². The van der Waals surface area contributed by atoms with E-state index < -0.39 is 32.8 Å². The van der Waals surface area contributed by atoms with Gasteiger partial charge >= 0.3 is 0 Å². The molecule has 6 rings (SSSR count). The number of nitrogens with one attached hydrogen (secondary N) is 1. The van der Waals surface area contributed by atoms with Crippen molar-refractivity contribution in [3.05, 3.63) is 66.1 Å².